The molecule has 0 aromatic carbocycles. The van der Waals surface area contributed by atoms with Crippen molar-refractivity contribution in [1.82, 2.24) is 0 Å². The van der Waals surface area contributed by atoms with Gasteiger partial charge in [-0.2, -0.15) is 0 Å². The summed E-state index contributed by atoms with van der Waals surface area (Å²) in [6, 6.07) is 0. The molecular weight excluding hydrogens is 508 g/mol. The molecule has 5 aliphatic carbocycles. The Labute approximate surface area is 251 Å². The molecule has 0 N–H and O–H groups in total. The first-order valence-electron chi connectivity index (χ1n) is 17.6. The van der Waals surface area contributed by atoms with Gasteiger partial charge in [0, 0.05) is 25.0 Å². The molecule has 41 heavy (non-hydrogen) atoms. The van der Waals surface area contributed by atoms with E-state index >= 15 is 0 Å². The Morgan fingerprint density at radius 3 is 2.34 bits per heavy atom. The highest BCUT2D eigenvalue weighted by Crippen LogP contribution is 2.77. The van der Waals surface area contributed by atoms with Gasteiger partial charge in [-0.25, -0.2) is 0 Å². The lowest BCUT2D eigenvalue weighted by atomic mass is 9.32. The Bertz CT molecular complexity index is 983. The number of carbonyl (C=O) groups is 1. The van der Waals surface area contributed by atoms with Crippen LogP contribution in [0.1, 0.15) is 126 Å². The number of hydrogen-bond donors (Lipinski definition) is 0. The van der Waals surface area contributed by atoms with Gasteiger partial charge in [0.05, 0.1) is 13.2 Å². The number of ether oxygens (including phenoxy) is 3. The molecule has 1 saturated heterocycles. The lowest BCUT2D eigenvalue weighted by Crippen LogP contribution is -2.67. The fourth-order valence-corrected chi connectivity index (χ4v) is 13.4. The third-order valence-corrected chi connectivity index (χ3v) is 15.4. The van der Waals surface area contributed by atoms with Crippen molar-refractivity contribution in [2.24, 2.45) is 68.5 Å². The summed E-state index contributed by atoms with van der Waals surface area (Å²) >= 11 is 0. The van der Waals surface area contributed by atoms with E-state index in [-0.39, 0.29) is 23.0 Å². The molecule has 0 amide bonds. The van der Waals surface area contributed by atoms with E-state index in [1.807, 2.05) is 0 Å². The minimum Gasteiger partial charge on any atom is -0.384 e. The Morgan fingerprint density at radius 1 is 0.878 bits per heavy atom. The van der Waals surface area contributed by atoms with Gasteiger partial charge in [0.1, 0.15) is 5.78 Å². The van der Waals surface area contributed by atoms with E-state index in [4.69, 9.17) is 14.2 Å². The van der Waals surface area contributed by atoms with E-state index in [1.54, 1.807) is 7.11 Å². The second-order valence-corrected chi connectivity index (χ2v) is 17.6. The quantitative estimate of drug-likeness (QED) is 0.320. The van der Waals surface area contributed by atoms with Crippen LogP contribution in [0, 0.1) is 68.5 Å². The van der Waals surface area contributed by atoms with E-state index in [0.717, 1.165) is 49.7 Å². The van der Waals surface area contributed by atoms with Gasteiger partial charge in [0.2, 0.25) is 0 Å². The summed E-state index contributed by atoms with van der Waals surface area (Å²) in [6.07, 6.45) is 15.1. The summed E-state index contributed by atoms with van der Waals surface area (Å²) in [5.41, 5.74) is 0.930. The number of fused-ring (bicyclic) bond motifs is 7. The molecule has 2 unspecified atom stereocenters. The zero-order chi connectivity index (χ0) is 29.4. The Kier molecular flexibility index (Phi) is 7.89. The standard InChI is InChI=1S/C37H62O4/c1-24(2)26-14-17-37(23-41-30-11-9-10-20-40-30)19-18-35(6)27(31(26)37)12-13-29-34(5)21-25(22-39-8)32(38)33(3,4)28(34)15-16-36(29,35)7/h24-31H,9-23H2,1-8H3/t25?,26-,27+,28-,29+,30?,31+,34-,35+,36+,37+/m0/s1. The molecule has 1 heterocycles. The van der Waals surface area contributed by atoms with Crippen LogP contribution >= 0.6 is 0 Å². The number of Topliss-reactive ketones (excluding diaryl/α,β-unsaturated/α-hetero) is 1. The van der Waals surface area contributed by atoms with Crippen LogP contribution in [0.15, 0.2) is 0 Å². The fourth-order valence-electron chi connectivity index (χ4n) is 13.4. The minimum atomic E-state index is -0.260. The minimum absolute atomic E-state index is 0.0195. The smallest absolute Gasteiger partial charge is 0.157 e. The van der Waals surface area contributed by atoms with Gasteiger partial charge < -0.3 is 14.2 Å². The SMILES string of the molecule is COCC1C[C@]2(C)[C@H]3CC[C@@H]4[C@H]5[C@H](C(C)C)CC[C@]5(COC5CCCCO5)CC[C@@]4(C)[C@]3(C)CC[C@H]2C(C)(C)C1=O. The maximum absolute atomic E-state index is 13.7. The lowest BCUT2D eigenvalue weighted by Gasteiger charge is -2.73. The van der Waals surface area contributed by atoms with Crippen molar-refractivity contribution in [2.45, 2.75) is 132 Å². The first-order chi connectivity index (χ1) is 19.3. The molecule has 11 atom stereocenters. The van der Waals surface area contributed by atoms with E-state index in [2.05, 4.69) is 48.5 Å². The summed E-state index contributed by atoms with van der Waals surface area (Å²) in [4.78, 5) is 13.7. The maximum atomic E-state index is 13.7. The zero-order valence-electron chi connectivity index (χ0n) is 27.9. The van der Waals surface area contributed by atoms with E-state index < -0.39 is 0 Å². The second kappa shape index (κ2) is 10.6. The molecule has 6 rings (SSSR count). The van der Waals surface area contributed by atoms with Crippen molar-refractivity contribution < 1.29 is 19.0 Å². The van der Waals surface area contributed by atoms with Gasteiger partial charge in [0.25, 0.3) is 0 Å². The first-order valence-corrected chi connectivity index (χ1v) is 17.6. The van der Waals surface area contributed by atoms with Crippen molar-refractivity contribution in [1.29, 1.82) is 0 Å². The lowest BCUT2D eigenvalue weighted by molar-refractivity contribution is -0.251. The van der Waals surface area contributed by atoms with Gasteiger partial charge in [-0.15, -0.1) is 0 Å². The molecular formula is C37H62O4. The highest BCUT2D eigenvalue weighted by atomic mass is 16.7. The predicted octanol–water partition coefficient (Wildman–Crippen LogP) is 8.71. The van der Waals surface area contributed by atoms with Crippen molar-refractivity contribution >= 4 is 5.78 Å². The van der Waals surface area contributed by atoms with Gasteiger partial charge in [-0.3, -0.25) is 4.79 Å². The van der Waals surface area contributed by atoms with E-state index in [9.17, 15) is 4.79 Å². The highest BCUT2D eigenvalue weighted by molar-refractivity contribution is 5.88. The van der Waals surface area contributed by atoms with E-state index in [1.165, 1.54) is 64.2 Å². The van der Waals surface area contributed by atoms with Crippen molar-refractivity contribution in [3.8, 4) is 0 Å². The van der Waals surface area contributed by atoms with Crippen molar-refractivity contribution in [2.75, 3.05) is 26.9 Å². The first kappa shape index (κ1) is 30.6. The Balaban J connectivity index is 1.32. The van der Waals surface area contributed by atoms with Gasteiger partial charge in [-0.05, 0) is 134 Å². The number of methoxy groups -OCH3 is 1. The summed E-state index contributed by atoms with van der Waals surface area (Å²) in [7, 11) is 1.77. The van der Waals surface area contributed by atoms with Crippen LogP contribution in [0.2, 0.25) is 0 Å². The molecule has 6 aliphatic rings. The monoisotopic (exact) mass is 570 g/mol. The number of hydrogen-bond acceptors (Lipinski definition) is 4. The summed E-state index contributed by atoms with van der Waals surface area (Å²) in [6.45, 7) is 20.0. The average Bonchev–Trinajstić information content (AvgIpc) is 3.32. The molecule has 4 heteroatoms. The van der Waals surface area contributed by atoms with Crippen LogP contribution < -0.4 is 0 Å². The van der Waals surface area contributed by atoms with Crippen molar-refractivity contribution in [3.05, 3.63) is 0 Å². The molecule has 0 aromatic heterocycles. The molecule has 1 aliphatic heterocycles. The normalized spacial score (nSPS) is 51.0. The maximum Gasteiger partial charge on any atom is 0.157 e. The third-order valence-electron chi connectivity index (χ3n) is 15.4. The largest absolute Gasteiger partial charge is 0.384 e. The van der Waals surface area contributed by atoms with Crippen LogP contribution in [0.3, 0.4) is 0 Å². The molecule has 234 valence electrons. The molecule has 0 radical (unpaired) electrons. The average molecular weight is 571 g/mol. The number of ketones is 1. The number of carbonyl (C=O) groups excluding carboxylic acids is 1. The summed E-state index contributed by atoms with van der Waals surface area (Å²) in [5.74, 6) is 4.74. The molecule has 5 saturated carbocycles. The predicted molar refractivity (Wildman–Crippen MR) is 164 cm³/mol. The Hall–Kier alpha value is -0.450. The topological polar surface area (TPSA) is 44.8 Å². The molecule has 0 aromatic rings. The molecule has 4 nitrogen and oxygen atoms in total. The van der Waals surface area contributed by atoms with Gasteiger partial charge in [0.15, 0.2) is 6.29 Å². The zero-order valence-corrected chi connectivity index (χ0v) is 27.9. The summed E-state index contributed by atoms with van der Waals surface area (Å²) < 4.78 is 18.4. The molecule has 0 spiro atoms. The summed E-state index contributed by atoms with van der Waals surface area (Å²) in [5, 5.41) is 0. The molecule has 6 fully saturated rings. The fraction of sp³-hybridized carbons (Fsp3) is 0.973. The third kappa shape index (κ3) is 4.40. The van der Waals surface area contributed by atoms with Crippen LogP contribution in [0.5, 0.6) is 0 Å². The number of rotatable bonds is 6. The molecule has 0 bridgehead atoms. The van der Waals surface area contributed by atoms with Crippen LogP contribution in [0.4, 0.5) is 0 Å². The highest BCUT2D eigenvalue weighted by Gasteiger charge is 2.71. The van der Waals surface area contributed by atoms with Crippen molar-refractivity contribution in [3.63, 3.8) is 0 Å². The van der Waals surface area contributed by atoms with Crippen LogP contribution in [-0.4, -0.2) is 39.0 Å². The van der Waals surface area contributed by atoms with Crippen LogP contribution in [-0.2, 0) is 19.0 Å². The Morgan fingerprint density at radius 2 is 1.66 bits per heavy atom. The second-order valence-electron chi connectivity index (χ2n) is 17.6. The van der Waals surface area contributed by atoms with E-state index in [0.29, 0.717) is 40.5 Å². The van der Waals surface area contributed by atoms with Crippen LogP contribution in [0.25, 0.3) is 0 Å². The van der Waals surface area contributed by atoms with Gasteiger partial charge in [-0.1, -0.05) is 48.5 Å². The van der Waals surface area contributed by atoms with Gasteiger partial charge >= 0.3 is 0 Å².